The van der Waals surface area contributed by atoms with Crippen molar-refractivity contribution < 1.29 is 15.0 Å². The highest BCUT2D eigenvalue weighted by Crippen LogP contribution is 2.40. The molecule has 9 heteroatoms. The topological polar surface area (TPSA) is 147 Å². The number of rotatable bonds is 5. The fraction of sp³-hybridized carbons (Fsp3) is 0.278. The summed E-state index contributed by atoms with van der Waals surface area (Å²) in [5.41, 5.74) is 12.9. The Labute approximate surface area is 159 Å². The Hall–Kier alpha value is -2.91. The molecule has 0 fully saturated rings. The number of aliphatic hydroxyl groups is 1. The summed E-state index contributed by atoms with van der Waals surface area (Å²) in [7, 11) is 0. The second-order valence-corrected chi connectivity index (χ2v) is 7.95. The molecule has 0 atom stereocenters. The zero-order valence-electron chi connectivity index (χ0n) is 15.2. The number of aromatic hydroxyl groups is 1. The van der Waals surface area contributed by atoms with Gasteiger partial charge in [-0.15, -0.1) is 11.3 Å². The summed E-state index contributed by atoms with van der Waals surface area (Å²) in [6, 6.07) is 5.15. The minimum Gasteiger partial charge on any atom is -0.508 e. The van der Waals surface area contributed by atoms with E-state index in [1.165, 1.54) is 0 Å². The van der Waals surface area contributed by atoms with Crippen molar-refractivity contribution in [1.29, 1.82) is 0 Å². The lowest BCUT2D eigenvalue weighted by Gasteiger charge is -2.23. The van der Waals surface area contributed by atoms with Gasteiger partial charge in [0.15, 0.2) is 0 Å². The Balaban J connectivity index is 2.30. The molecule has 0 aliphatic carbocycles. The van der Waals surface area contributed by atoms with Crippen molar-refractivity contribution in [3.63, 3.8) is 0 Å². The zero-order chi connectivity index (χ0) is 19.9. The van der Waals surface area contributed by atoms with Gasteiger partial charge in [-0.3, -0.25) is 4.79 Å². The van der Waals surface area contributed by atoms with E-state index in [-0.39, 0.29) is 28.9 Å². The van der Waals surface area contributed by atoms with E-state index < -0.39 is 11.4 Å². The molecule has 8 nitrogen and oxygen atoms in total. The minimum absolute atomic E-state index is 0.119. The third kappa shape index (κ3) is 3.51. The molecular weight excluding hydrogens is 366 g/mol. The highest BCUT2D eigenvalue weighted by Gasteiger charge is 2.23. The number of nitrogens with zero attached hydrogens (tertiary/aromatic N) is 2. The number of aromatic nitrogens is 2. The SMILES string of the molecule is Cc1ccc(-c2nc(NC(C)(C)CO)nc3sc(C(N)=O)c(N)c23)cc1O. The van der Waals surface area contributed by atoms with E-state index in [9.17, 15) is 15.0 Å². The molecule has 27 heavy (non-hydrogen) atoms. The van der Waals surface area contributed by atoms with Crippen LogP contribution < -0.4 is 16.8 Å². The monoisotopic (exact) mass is 387 g/mol. The fourth-order valence-corrected chi connectivity index (χ4v) is 3.52. The standard InChI is InChI=1S/C18H21N5O3S/c1-8-4-5-9(6-10(8)25)13-11-12(19)14(15(20)26)27-16(11)22-17(21-13)23-18(2,3)7-24/h4-6,24-25H,7,19H2,1-3H3,(H2,20,26)(H,21,22,23). The van der Waals surface area contributed by atoms with Gasteiger partial charge in [-0.1, -0.05) is 12.1 Å². The Kier molecular flexibility index (Phi) is 4.66. The van der Waals surface area contributed by atoms with Gasteiger partial charge >= 0.3 is 0 Å². The van der Waals surface area contributed by atoms with Gasteiger partial charge in [-0.05, 0) is 32.4 Å². The molecule has 0 unspecified atom stereocenters. The second-order valence-electron chi connectivity index (χ2n) is 6.95. The predicted molar refractivity (Wildman–Crippen MR) is 107 cm³/mol. The van der Waals surface area contributed by atoms with Gasteiger partial charge in [-0.25, -0.2) is 9.97 Å². The van der Waals surface area contributed by atoms with Gasteiger partial charge in [0.25, 0.3) is 5.91 Å². The number of nitrogens with one attached hydrogen (secondary N) is 1. The molecule has 142 valence electrons. The maximum Gasteiger partial charge on any atom is 0.260 e. The van der Waals surface area contributed by atoms with Crippen molar-refractivity contribution in [2.24, 2.45) is 5.73 Å². The highest BCUT2D eigenvalue weighted by atomic mass is 32.1. The smallest absolute Gasteiger partial charge is 0.260 e. The highest BCUT2D eigenvalue weighted by molar-refractivity contribution is 7.21. The number of nitrogens with two attached hydrogens (primary N) is 2. The van der Waals surface area contributed by atoms with E-state index in [4.69, 9.17) is 11.5 Å². The number of benzene rings is 1. The first-order chi connectivity index (χ1) is 12.6. The molecule has 0 spiro atoms. The fourth-order valence-electron chi connectivity index (χ4n) is 2.57. The number of aliphatic hydroxyl groups excluding tert-OH is 1. The summed E-state index contributed by atoms with van der Waals surface area (Å²) in [5, 5.41) is 23.2. The molecule has 2 heterocycles. The number of phenols is 1. The van der Waals surface area contributed by atoms with Gasteiger partial charge in [0, 0.05) is 5.56 Å². The summed E-state index contributed by atoms with van der Waals surface area (Å²) in [6.45, 7) is 5.26. The first kappa shape index (κ1) is 18.9. The molecule has 1 amide bonds. The number of carbonyl (C=O) groups excluding carboxylic acids is 1. The molecular formula is C18H21N5O3S. The van der Waals surface area contributed by atoms with Crippen LogP contribution in [0.3, 0.4) is 0 Å². The molecule has 7 N–H and O–H groups in total. The average Bonchev–Trinajstić information content (AvgIpc) is 2.93. The van der Waals surface area contributed by atoms with Crippen LogP contribution in [0.25, 0.3) is 21.5 Å². The quantitative estimate of drug-likeness (QED) is 0.451. The van der Waals surface area contributed by atoms with Gasteiger partial charge in [-0.2, -0.15) is 0 Å². The van der Waals surface area contributed by atoms with Crippen molar-refractivity contribution in [2.45, 2.75) is 26.3 Å². The molecule has 0 bridgehead atoms. The number of hydrogen-bond donors (Lipinski definition) is 5. The van der Waals surface area contributed by atoms with Gasteiger partial charge in [0.1, 0.15) is 15.5 Å². The first-order valence-corrected chi connectivity index (χ1v) is 9.03. The zero-order valence-corrected chi connectivity index (χ0v) is 16.0. The van der Waals surface area contributed by atoms with Crippen molar-refractivity contribution in [1.82, 2.24) is 9.97 Å². The normalized spacial score (nSPS) is 11.7. The summed E-state index contributed by atoms with van der Waals surface area (Å²) in [6.07, 6.45) is 0. The number of primary amides is 1. The van der Waals surface area contributed by atoms with Gasteiger partial charge in [0.05, 0.1) is 28.9 Å². The molecule has 3 rings (SSSR count). The molecule has 0 aliphatic rings. The number of phenolic OH excluding ortho intramolecular Hbond substituents is 1. The van der Waals surface area contributed by atoms with Crippen LogP contribution in [0.1, 0.15) is 29.1 Å². The number of fused-ring (bicyclic) bond motifs is 1. The lowest BCUT2D eigenvalue weighted by atomic mass is 10.0. The number of aryl methyl sites for hydroxylation is 1. The third-order valence-corrected chi connectivity index (χ3v) is 5.25. The maximum atomic E-state index is 11.7. The number of nitrogen functional groups attached to an aromatic ring is 1. The molecule has 0 aliphatic heterocycles. The molecule has 3 aromatic rings. The second kappa shape index (κ2) is 6.67. The molecule has 0 radical (unpaired) electrons. The van der Waals surface area contributed by atoms with Crippen LogP contribution in [0.5, 0.6) is 5.75 Å². The van der Waals surface area contributed by atoms with Crippen molar-refractivity contribution >= 4 is 39.1 Å². The van der Waals surface area contributed by atoms with E-state index >= 15 is 0 Å². The van der Waals surface area contributed by atoms with Crippen LogP contribution in [0.2, 0.25) is 0 Å². The number of amides is 1. The van der Waals surface area contributed by atoms with Gasteiger partial charge < -0.3 is 27.0 Å². The lowest BCUT2D eigenvalue weighted by molar-refractivity contribution is 0.100. The molecule has 0 saturated carbocycles. The third-order valence-electron chi connectivity index (χ3n) is 4.14. The number of hydrogen-bond acceptors (Lipinski definition) is 8. The summed E-state index contributed by atoms with van der Waals surface area (Å²) < 4.78 is 0. The number of carbonyl (C=O) groups is 1. The van der Waals surface area contributed by atoms with Crippen LogP contribution in [-0.4, -0.2) is 38.2 Å². The van der Waals surface area contributed by atoms with Crippen LogP contribution >= 0.6 is 11.3 Å². The van der Waals surface area contributed by atoms with E-state index in [0.717, 1.165) is 16.9 Å². The summed E-state index contributed by atoms with van der Waals surface area (Å²) in [5.74, 6) is -0.249. The largest absolute Gasteiger partial charge is 0.508 e. The van der Waals surface area contributed by atoms with E-state index in [1.807, 2.05) is 0 Å². The summed E-state index contributed by atoms with van der Waals surface area (Å²) >= 11 is 1.08. The van der Waals surface area contributed by atoms with E-state index in [2.05, 4.69) is 15.3 Å². The van der Waals surface area contributed by atoms with Crippen molar-refractivity contribution in [2.75, 3.05) is 17.7 Å². The Morgan fingerprint density at radius 2 is 2.04 bits per heavy atom. The van der Waals surface area contributed by atoms with Crippen LogP contribution in [0, 0.1) is 6.92 Å². The lowest BCUT2D eigenvalue weighted by Crippen LogP contribution is -2.35. The number of thiophene rings is 1. The van der Waals surface area contributed by atoms with Crippen molar-refractivity contribution in [3.05, 3.63) is 28.6 Å². The minimum atomic E-state index is -0.657. The molecule has 0 saturated heterocycles. The Morgan fingerprint density at radius 1 is 1.33 bits per heavy atom. The Morgan fingerprint density at radius 3 is 2.63 bits per heavy atom. The van der Waals surface area contributed by atoms with Crippen molar-refractivity contribution in [3.8, 4) is 17.0 Å². The predicted octanol–water partition coefficient (Wildman–Crippen LogP) is 2.24. The van der Waals surface area contributed by atoms with Gasteiger partial charge in [0.2, 0.25) is 5.95 Å². The summed E-state index contributed by atoms with van der Waals surface area (Å²) in [4.78, 5) is 21.4. The average molecular weight is 387 g/mol. The molecule has 2 aromatic heterocycles. The number of anilines is 2. The van der Waals surface area contributed by atoms with E-state index in [1.54, 1.807) is 39.0 Å². The Bertz CT molecular complexity index is 1050. The van der Waals surface area contributed by atoms with E-state index in [0.29, 0.717) is 21.5 Å². The van der Waals surface area contributed by atoms with Crippen LogP contribution in [0.4, 0.5) is 11.6 Å². The van der Waals surface area contributed by atoms with Crippen LogP contribution in [-0.2, 0) is 0 Å². The van der Waals surface area contributed by atoms with Crippen LogP contribution in [0.15, 0.2) is 18.2 Å². The molecule has 1 aromatic carbocycles. The maximum absolute atomic E-state index is 11.7. The first-order valence-electron chi connectivity index (χ1n) is 8.22.